The summed E-state index contributed by atoms with van der Waals surface area (Å²) in [6.07, 6.45) is 0. The van der Waals surface area contributed by atoms with Crippen LogP contribution in [0.5, 0.6) is 0 Å². The SMILES string of the molecule is CNC(=O)CN(C)c1ccc(C(=O)c2ccccc2)cc1[N+](=O)[O-]. The Balaban J connectivity index is 2.38. The van der Waals surface area contributed by atoms with Gasteiger partial charge in [-0.25, -0.2) is 0 Å². The van der Waals surface area contributed by atoms with E-state index in [9.17, 15) is 19.7 Å². The van der Waals surface area contributed by atoms with Crippen molar-refractivity contribution in [2.45, 2.75) is 0 Å². The first-order valence-electron chi connectivity index (χ1n) is 7.24. The van der Waals surface area contributed by atoms with Crippen molar-refractivity contribution in [3.63, 3.8) is 0 Å². The van der Waals surface area contributed by atoms with Crippen molar-refractivity contribution in [2.24, 2.45) is 0 Å². The molecule has 0 saturated heterocycles. The van der Waals surface area contributed by atoms with Gasteiger partial charge < -0.3 is 10.2 Å². The van der Waals surface area contributed by atoms with Gasteiger partial charge in [0.05, 0.1) is 11.5 Å². The number of anilines is 1. The number of rotatable bonds is 6. The van der Waals surface area contributed by atoms with Crippen LogP contribution in [-0.2, 0) is 4.79 Å². The van der Waals surface area contributed by atoms with E-state index in [4.69, 9.17) is 0 Å². The van der Waals surface area contributed by atoms with Crippen LogP contribution in [0.4, 0.5) is 11.4 Å². The Bertz CT molecular complexity index is 775. The van der Waals surface area contributed by atoms with Crippen LogP contribution in [0, 0.1) is 10.1 Å². The number of carbonyl (C=O) groups excluding carboxylic acids is 2. The molecule has 24 heavy (non-hydrogen) atoms. The molecule has 0 aliphatic rings. The molecule has 0 saturated carbocycles. The van der Waals surface area contributed by atoms with Crippen LogP contribution in [-0.4, -0.2) is 37.3 Å². The van der Waals surface area contributed by atoms with E-state index < -0.39 is 4.92 Å². The number of nitro benzene ring substituents is 1. The van der Waals surface area contributed by atoms with Crippen LogP contribution in [0.1, 0.15) is 15.9 Å². The molecule has 0 spiro atoms. The number of nitrogens with one attached hydrogen (secondary N) is 1. The van der Waals surface area contributed by atoms with Gasteiger partial charge in [-0.05, 0) is 12.1 Å². The highest BCUT2D eigenvalue weighted by Gasteiger charge is 2.21. The maximum Gasteiger partial charge on any atom is 0.293 e. The van der Waals surface area contributed by atoms with Crippen LogP contribution in [0.15, 0.2) is 48.5 Å². The second-order valence-electron chi connectivity index (χ2n) is 5.18. The van der Waals surface area contributed by atoms with Crippen molar-refractivity contribution in [2.75, 3.05) is 25.5 Å². The number of carbonyl (C=O) groups is 2. The normalized spacial score (nSPS) is 10.1. The van der Waals surface area contributed by atoms with Crippen molar-refractivity contribution in [3.05, 3.63) is 69.8 Å². The molecule has 2 aromatic rings. The predicted octanol–water partition coefficient (Wildman–Crippen LogP) is 2.01. The van der Waals surface area contributed by atoms with Gasteiger partial charge in [-0.1, -0.05) is 30.3 Å². The minimum absolute atomic E-state index is 0.0245. The molecule has 0 atom stereocenters. The lowest BCUT2D eigenvalue weighted by molar-refractivity contribution is -0.384. The molecular weight excluding hydrogens is 310 g/mol. The number of nitrogens with zero attached hydrogens (tertiary/aromatic N) is 2. The fourth-order valence-corrected chi connectivity index (χ4v) is 2.27. The maximum absolute atomic E-state index is 12.4. The number of ketones is 1. The maximum atomic E-state index is 12.4. The zero-order valence-corrected chi connectivity index (χ0v) is 13.4. The van der Waals surface area contributed by atoms with E-state index in [2.05, 4.69) is 5.32 Å². The quantitative estimate of drug-likeness (QED) is 0.498. The molecule has 0 radical (unpaired) electrons. The highest BCUT2D eigenvalue weighted by Crippen LogP contribution is 2.29. The average molecular weight is 327 g/mol. The zero-order valence-electron chi connectivity index (χ0n) is 13.4. The van der Waals surface area contributed by atoms with Gasteiger partial charge in [0.1, 0.15) is 5.69 Å². The molecule has 2 rings (SSSR count). The van der Waals surface area contributed by atoms with E-state index in [1.54, 1.807) is 37.4 Å². The minimum atomic E-state index is -0.558. The monoisotopic (exact) mass is 327 g/mol. The molecule has 0 heterocycles. The topological polar surface area (TPSA) is 92.6 Å². The molecule has 1 N–H and O–H groups in total. The Morgan fingerprint density at radius 3 is 2.38 bits per heavy atom. The lowest BCUT2D eigenvalue weighted by Crippen LogP contribution is -2.33. The van der Waals surface area contributed by atoms with Crippen molar-refractivity contribution in [1.29, 1.82) is 0 Å². The van der Waals surface area contributed by atoms with Gasteiger partial charge in [0, 0.05) is 31.3 Å². The molecule has 2 aromatic carbocycles. The van der Waals surface area contributed by atoms with Crippen molar-refractivity contribution < 1.29 is 14.5 Å². The van der Waals surface area contributed by atoms with Crippen molar-refractivity contribution in [1.82, 2.24) is 5.32 Å². The first kappa shape index (κ1) is 17.1. The summed E-state index contributed by atoms with van der Waals surface area (Å²) in [6.45, 7) is -0.0245. The molecule has 7 heteroatoms. The van der Waals surface area contributed by atoms with Gasteiger partial charge in [-0.15, -0.1) is 0 Å². The van der Waals surface area contributed by atoms with Gasteiger partial charge in [-0.2, -0.15) is 0 Å². The Morgan fingerprint density at radius 2 is 1.79 bits per heavy atom. The predicted molar refractivity (Wildman–Crippen MR) is 90.3 cm³/mol. The molecular formula is C17H17N3O4. The van der Waals surface area contributed by atoms with Gasteiger partial charge in [0.15, 0.2) is 5.78 Å². The molecule has 7 nitrogen and oxygen atoms in total. The second-order valence-corrected chi connectivity index (χ2v) is 5.18. The summed E-state index contributed by atoms with van der Waals surface area (Å²) in [7, 11) is 3.07. The fraction of sp³-hybridized carbons (Fsp3) is 0.176. The van der Waals surface area contributed by atoms with Gasteiger partial charge in [0.2, 0.25) is 5.91 Å². The molecule has 0 bridgehead atoms. The Labute approximate surface area is 139 Å². The lowest BCUT2D eigenvalue weighted by atomic mass is 10.0. The molecule has 0 unspecified atom stereocenters. The third-order valence-electron chi connectivity index (χ3n) is 3.54. The molecule has 0 aliphatic carbocycles. The summed E-state index contributed by atoms with van der Waals surface area (Å²) in [6, 6.07) is 12.8. The van der Waals surface area contributed by atoms with E-state index in [0.29, 0.717) is 5.56 Å². The second kappa shape index (κ2) is 7.36. The molecule has 124 valence electrons. The summed E-state index contributed by atoms with van der Waals surface area (Å²) >= 11 is 0. The highest BCUT2D eigenvalue weighted by molar-refractivity contribution is 6.09. The Kier molecular flexibility index (Phi) is 5.26. The van der Waals surface area contributed by atoms with Crippen LogP contribution in [0.3, 0.4) is 0 Å². The van der Waals surface area contributed by atoms with E-state index >= 15 is 0 Å². The minimum Gasteiger partial charge on any atom is -0.360 e. The Hall–Kier alpha value is -3.22. The number of nitro groups is 1. The van der Waals surface area contributed by atoms with Crippen molar-refractivity contribution >= 4 is 23.1 Å². The van der Waals surface area contributed by atoms with Gasteiger partial charge in [-0.3, -0.25) is 19.7 Å². The summed E-state index contributed by atoms with van der Waals surface area (Å²) in [4.78, 5) is 36.2. The lowest BCUT2D eigenvalue weighted by Gasteiger charge is -2.18. The summed E-state index contributed by atoms with van der Waals surface area (Å²) in [5.74, 6) is -0.560. The van der Waals surface area contributed by atoms with Gasteiger partial charge in [0.25, 0.3) is 5.69 Å². The summed E-state index contributed by atoms with van der Waals surface area (Å²) < 4.78 is 0. The molecule has 0 aromatic heterocycles. The first-order valence-corrected chi connectivity index (χ1v) is 7.24. The van der Waals surface area contributed by atoms with Crippen molar-refractivity contribution in [3.8, 4) is 0 Å². The summed E-state index contributed by atoms with van der Waals surface area (Å²) in [5.41, 5.74) is 0.736. The standard InChI is InChI=1S/C17H17N3O4/c1-18-16(21)11-19(2)14-9-8-13(10-15(14)20(23)24)17(22)12-6-4-3-5-7-12/h3-10H,11H2,1-2H3,(H,18,21). The van der Waals surface area contributed by atoms with Crippen LogP contribution < -0.4 is 10.2 Å². The van der Waals surface area contributed by atoms with Crippen LogP contribution >= 0.6 is 0 Å². The van der Waals surface area contributed by atoms with Crippen LogP contribution in [0.2, 0.25) is 0 Å². The average Bonchev–Trinajstić information content (AvgIpc) is 2.61. The number of hydrogen-bond acceptors (Lipinski definition) is 5. The number of hydrogen-bond donors (Lipinski definition) is 1. The molecule has 1 amide bonds. The largest absolute Gasteiger partial charge is 0.360 e. The van der Waals surface area contributed by atoms with E-state index in [-0.39, 0.29) is 35.2 Å². The zero-order chi connectivity index (χ0) is 17.7. The molecule has 0 aliphatic heterocycles. The summed E-state index contributed by atoms with van der Waals surface area (Å²) in [5, 5.41) is 13.8. The van der Waals surface area contributed by atoms with E-state index in [1.807, 2.05) is 0 Å². The van der Waals surface area contributed by atoms with E-state index in [1.165, 1.54) is 30.1 Å². The van der Waals surface area contributed by atoms with E-state index in [0.717, 1.165) is 0 Å². The first-order chi connectivity index (χ1) is 11.4. The van der Waals surface area contributed by atoms with Gasteiger partial charge >= 0.3 is 0 Å². The van der Waals surface area contributed by atoms with Crippen LogP contribution in [0.25, 0.3) is 0 Å². The third kappa shape index (κ3) is 3.75. The highest BCUT2D eigenvalue weighted by atomic mass is 16.6. The number of benzene rings is 2. The number of likely N-dealkylation sites (N-methyl/N-ethyl adjacent to an activating group) is 2. The smallest absolute Gasteiger partial charge is 0.293 e. The third-order valence-corrected chi connectivity index (χ3v) is 3.54. The number of amides is 1. The fourth-order valence-electron chi connectivity index (χ4n) is 2.27. The Morgan fingerprint density at radius 1 is 1.12 bits per heavy atom. The molecule has 0 fully saturated rings.